The lowest BCUT2D eigenvalue weighted by Gasteiger charge is -2.33. The molecule has 27 heavy (non-hydrogen) atoms. The van der Waals surface area contributed by atoms with E-state index in [2.05, 4.69) is 10.3 Å². The van der Waals surface area contributed by atoms with Crippen LogP contribution in [-0.4, -0.2) is 55.8 Å². The molecule has 1 fully saturated rings. The Labute approximate surface area is 151 Å². The minimum absolute atomic E-state index is 0.0162. The van der Waals surface area contributed by atoms with Gasteiger partial charge < -0.3 is 20.1 Å². The molecule has 3 rings (SSSR count). The van der Waals surface area contributed by atoms with E-state index in [0.717, 1.165) is 6.07 Å². The average molecular weight is 399 g/mol. The van der Waals surface area contributed by atoms with Gasteiger partial charge in [0.1, 0.15) is 6.29 Å². The van der Waals surface area contributed by atoms with Gasteiger partial charge in [-0.25, -0.2) is 0 Å². The second kappa shape index (κ2) is 6.98. The molecule has 4 N–H and O–H groups in total. The van der Waals surface area contributed by atoms with Gasteiger partial charge in [-0.15, -0.1) is 0 Å². The van der Waals surface area contributed by atoms with E-state index in [9.17, 15) is 34.1 Å². The Kier molecular flexibility index (Phi) is 5.02. The third kappa shape index (κ3) is 3.84. The third-order valence-corrected chi connectivity index (χ3v) is 5.17. The van der Waals surface area contributed by atoms with Crippen molar-refractivity contribution in [2.45, 2.75) is 12.3 Å². The van der Waals surface area contributed by atoms with Crippen molar-refractivity contribution < 1.29 is 19.3 Å². The van der Waals surface area contributed by atoms with Crippen LogP contribution in [0.25, 0.3) is 11.0 Å². The molecule has 2 heterocycles. The van der Waals surface area contributed by atoms with Gasteiger partial charge >= 0.3 is 18.7 Å². The molecule has 0 bridgehead atoms. The fraction of sp³-hybridized carbons (Fsp3) is 0.429. The summed E-state index contributed by atoms with van der Waals surface area (Å²) >= 11 is 0. The van der Waals surface area contributed by atoms with E-state index in [-0.39, 0.29) is 28.3 Å². The van der Waals surface area contributed by atoms with Crippen LogP contribution in [0.3, 0.4) is 0 Å². The highest BCUT2D eigenvalue weighted by atomic mass is 31.2. The highest BCUT2D eigenvalue weighted by Gasteiger charge is 2.29. The highest BCUT2D eigenvalue weighted by molar-refractivity contribution is 7.50. The lowest BCUT2D eigenvalue weighted by atomic mass is 10.0. The molecule has 1 aromatic carbocycles. The smallest absolute Gasteiger partial charge is 0.323 e. The average Bonchev–Trinajstić information content (AvgIpc) is 2.57. The third-order valence-electron chi connectivity index (χ3n) is 4.52. The van der Waals surface area contributed by atoms with Gasteiger partial charge in [-0.05, 0) is 13.1 Å². The van der Waals surface area contributed by atoms with E-state index in [0.29, 0.717) is 24.2 Å². The largest absolute Gasteiger partial charge is 0.345 e. The number of hydrogen-bond acceptors (Lipinski definition) is 7. The number of rotatable bonds is 4. The molecule has 0 saturated carbocycles. The molecule has 0 spiro atoms. The molecule has 1 aliphatic rings. The summed E-state index contributed by atoms with van der Waals surface area (Å²) in [6.45, 7) is 1.78. The van der Waals surface area contributed by atoms with Crippen LogP contribution in [-0.2, 0) is 10.9 Å². The van der Waals surface area contributed by atoms with E-state index in [1.807, 2.05) is 4.90 Å². The SMILES string of the molecule is CN1CCNCC1c1cc2c(cc1[N+](=O)[O-])[nH]c(=O)c(=O)n2CP(=O)(O)O. The van der Waals surface area contributed by atoms with Crippen LogP contribution < -0.4 is 16.4 Å². The summed E-state index contributed by atoms with van der Waals surface area (Å²) in [4.78, 5) is 57.6. The van der Waals surface area contributed by atoms with Gasteiger partial charge in [-0.2, -0.15) is 0 Å². The monoisotopic (exact) mass is 399 g/mol. The Morgan fingerprint density at radius 2 is 2.07 bits per heavy atom. The molecule has 13 heteroatoms. The Morgan fingerprint density at radius 1 is 1.37 bits per heavy atom. The summed E-state index contributed by atoms with van der Waals surface area (Å²) in [6.07, 6.45) is -0.998. The Balaban J connectivity index is 2.33. The second-order valence-electron chi connectivity index (χ2n) is 6.38. The molecule has 1 atom stereocenters. The van der Waals surface area contributed by atoms with Crippen molar-refractivity contribution in [3.8, 4) is 0 Å². The number of nitro benzene ring substituents is 1. The Morgan fingerprint density at radius 3 is 2.67 bits per heavy atom. The van der Waals surface area contributed by atoms with Crippen molar-refractivity contribution in [3.05, 3.63) is 48.5 Å². The van der Waals surface area contributed by atoms with Crippen molar-refractivity contribution in [1.82, 2.24) is 19.8 Å². The summed E-state index contributed by atoms with van der Waals surface area (Å²) in [5, 5.41) is 14.7. The lowest BCUT2D eigenvalue weighted by Crippen LogP contribution is -2.44. The van der Waals surface area contributed by atoms with Crippen molar-refractivity contribution in [2.75, 3.05) is 26.7 Å². The fourth-order valence-corrected chi connectivity index (χ4v) is 3.88. The first kappa shape index (κ1) is 19.4. The molecular formula is C14H18N5O7P. The maximum atomic E-state index is 12.2. The number of aromatic nitrogens is 2. The molecule has 146 valence electrons. The summed E-state index contributed by atoms with van der Waals surface area (Å²) in [6, 6.07) is 2.08. The van der Waals surface area contributed by atoms with Crippen LogP contribution in [0, 0.1) is 10.1 Å². The fourth-order valence-electron chi connectivity index (χ4n) is 3.23. The van der Waals surface area contributed by atoms with Gasteiger partial charge in [-0.3, -0.25) is 33.7 Å². The van der Waals surface area contributed by atoms with E-state index in [4.69, 9.17) is 0 Å². The van der Waals surface area contributed by atoms with Gasteiger partial charge in [0.15, 0.2) is 0 Å². The summed E-state index contributed by atoms with van der Waals surface area (Å²) in [5.74, 6) is 0. The van der Waals surface area contributed by atoms with Gasteiger partial charge in [0.05, 0.1) is 27.6 Å². The number of hydrogen-bond donors (Lipinski definition) is 4. The zero-order chi connectivity index (χ0) is 19.9. The lowest BCUT2D eigenvalue weighted by molar-refractivity contribution is -0.385. The number of nitro groups is 1. The van der Waals surface area contributed by atoms with Crippen LogP contribution in [0.4, 0.5) is 5.69 Å². The molecule has 0 amide bonds. The van der Waals surface area contributed by atoms with Crippen molar-refractivity contribution in [3.63, 3.8) is 0 Å². The van der Waals surface area contributed by atoms with Gasteiger partial charge in [0, 0.05) is 25.7 Å². The standard InChI is InChI=1S/C14H18N5O7P/c1-17-3-2-15-6-12(17)8-4-11-9(5-10(8)19(22)23)16-13(20)14(21)18(11)7-27(24,25)26/h4-5,12,15H,2-3,6-7H2,1H3,(H,16,20)(H2,24,25,26). The first-order valence-corrected chi connectivity index (χ1v) is 9.79. The summed E-state index contributed by atoms with van der Waals surface area (Å²) < 4.78 is 12.1. The van der Waals surface area contributed by atoms with Gasteiger partial charge in [0.25, 0.3) is 5.69 Å². The number of nitrogens with zero attached hydrogens (tertiary/aromatic N) is 3. The number of piperazine rings is 1. The van der Waals surface area contributed by atoms with Crippen LogP contribution in [0.1, 0.15) is 11.6 Å². The predicted octanol–water partition coefficient (Wildman–Crippen LogP) is -0.691. The maximum absolute atomic E-state index is 12.2. The van der Waals surface area contributed by atoms with Crippen molar-refractivity contribution in [1.29, 1.82) is 0 Å². The topological polar surface area (TPSA) is 171 Å². The van der Waals surface area contributed by atoms with Crippen molar-refractivity contribution in [2.24, 2.45) is 0 Å². The van der Waals surface area contributed by atoms with Crippen LogP contribution in [0.15, 0.2) is 21.7 Å². The normalized spacial score (nSPS) is 18.7. The number of H-pyrrole nitrogens is 1. The second-order valence-corrected chi connectivity index (χ2v) is 7.99. The van der Waals surface area contributed by atoms with E-state index < -0.39 is 29.9 Å². The number of benzene rings is 1. The molecular weight excluding hydrogens is 381 g/mol. The van der Waals surface area contributed by atoms with E-state index in [1.54, 1.807) is 7.05 Å². The minimum atomic E-state index is -4.68. The number of nitrogens with one attached hydrogen (secondary N) is 2. The Bertz CT molecular complexity index is 1070. The van der Waals surface area contributed by atoms with E-state index in [1.165, 1.54) is 6.07 Å². The van der Waals surface area contributed by atoms with E-state index >= 15 is 0 Å². The van der Waals surface area contributed by atoms with Crippen molar-refractivity contribution >= 4 is 24.3 Å². The number of fused-ring (bicyclic) bond motifs is 1. The minimum Gasteiger partial charge on any atom is -0.323 e. The van der Waals surface area contributed by atoms with Gasteiger partial charge in [-0.1, -0.05) is 0 Å². The predicted molar refractivity (Wildman–Crippen MR) is 95.8 cm³/mol. The Hall–Kier alpha value is -2.37. The molecule has 1 saturated heterocycles. The quantitative estimate of drug-likeness (QED) is 0.225. The van der Waals surface area contributed by atoms with Gasteiger partial charge in [0.2, 0.25) is 0 Å². The summed E-state index contributed by atoms with van der Waals surface area (Å²) in [7, 11) is -2.87. The van der Waals surface area contributed by atoms with Crippen LogP contribution in [0.2, 0.25) is 0 Å². The molecule has 1 aromatic heterocycles. The van der Waals surface area contributed by atoms with Crippen LogP contribution in [0.5, 0.6) is 0 Å². The molecule has 1 aliphatic heterocycles. The highest BCUT2D eigenvalue weighted by Crippen LogP contribution is 2.38. The molecule has 1 unspecified atom stereocenters. The molecule has 0 aliphatic carbocycles. The first-order valence-electron chi connectivity index (χ1n) is 7.99. The number of likely N-dealkylation sites (N-methyl/N-ethyl adjacent to an activating group) is 1. The number of aromatic amines is 1. The van der Waals surface area contributed by atoms with Crippen LogP contribution >= 0.6 is 7.60 Å². The molecule has 2 aromatic rings. The zero-order valence-corrected chi connectivity index (χ0v) is 15.2. The maximum Gasteiger partial charge on any atom is 0.345 e. The molecule has 12 nitrogen and oxygen atoms in total. The zero-order valence-electron chi connectivity index (χ0n) is 14.3. The summed E-state index contributed by atoms with van der Waals surface area (Å²) in [5.41, 5.74) is -2.25. The molecule has 0 radical (unpaired) electrons. The first-order chi connectivity index (χ1) is 12.6.